The maximum atomic E-state index is 12.4. The van der Waals surface area contributed by atoms with E-state index < -0.39 is 10.0 Å². The van der Waals surface area contributed by atoms with Gasteiger partial charge in [0.25, 0.3) is 16.0 Å². The van der Waals surface area contributed by atoms with Crippen LogP contribution >= 0.6 is 0 Å². The van der Waals surface area contributed by atoms with Crippen LogP contribution in [-0.2, 0) is 16.6 Å². The van der Waals surface area contributed by atoms with E-state index in [0.29, 0.717) is 12.1 Å². The lowest BCUT2D eigenvalue weighted by Gasteiger charge is -2.13. The highest BCUT2D eigenvalue weighted by Gasteiger charge is 2.19. The van der Waals surface area contributed by atoms with Crippen molar-refractivity contribution in [1.82, 2.24) is 20.5 Å². The van der Waals surface area contributed by atoms with Gasteiger partial charge in [-0.1, -0.05) is 32.0 Å². The number of aromatic nitrogens is 3. The van der Waals surface area contributed by atoms with E-state index in [2.05, 4.69) is 25.2 Å². The Hall–Kier alpha value is -2.06. The molecule has 0 aliphatic heterocycles. The predicted molar refractivity (Wildman–Crippen MR) is 79.1 cm³/mol. The standard InChI is InChI=1S/C13H17N5O2S/c1-10(2)15-9-11-5-3-4-6-12(11)21(19,20)18-13-14-7-8-16-17-13/h3-8,10,15H,9H2,1-2H3,(H,14,17,18). The van der Waals surface area contributed by atoms with E-state index in [4.69, 9.17) is 0 Å². The molecule has 0 aliphatic rings. The van der Waals surface area contributed by atoms with Crippen molar-refractivity contribution in [1.29, 1.82) is 0 Å². The summed E-state index contributed by atoms with van der Waals surface area (Å²) < 4.78 is 27.2. The molecule has 7 nitrogen and oxygen atoms in total. The molecule has 0 radical (unpaired) electrons. The monoisotopic (exact) mass is 307 g/mol. The van der Waals surface area contributed by atoms with Gasteiger partial charge in [-0.3, -0.25) is 0 Å². The molecule has 21 heavy (non-hydrogen) atoms. The summed E-state index contributed by atoms with van der Waals surface area (Å²) in [6.45, 7) is 4.46. The fourth-order valence-corrected chi connectivity index (χ4v) is 2.88. The molecule has 2 rings (SSSR count). The molecule has 0 saturated heterocycles. The first-order chi connectivity index (χ1) is 9.99. The molecule has 0 aliphatic carbocycles. The maximum absolute atomic E-state index is 12.4. The third kappa shape index (κ3) is 4.20. The second-order valence-electron chi connectivity index (χ2n) is 4.72. The van der Waals surface area contributed by atoms with E-state index in [0.717, 1.165) is 0 Å². The molecule has 1 heterocycles. The Morgan fingerprint density at radius 2 is 1.95 bits per heavy atom. The molecule has 0 fully saturated rings. The van der Waals surface area contributed by atoms with Crippen LogP contribution in [-0.4, -0.2) is 29.6 Å². The third-order valence-electron chi connectivity index (χ3n) is 2.67. The molecule has 1 aromatic carbocycles. The molecule has 2 N–H and O–H groups in total. The fourth-order valence-electron chi connectivity index (χ4n) is 1.70. The van der Waals surface area contributed by atoms with E-state index in [1.54, 1.807) is 24.3 Å². The summed E-state index contributed by atoms with van der Waals surface area (Å²) in [7, 11) is -3.75. The molecule has 112 valence electrons. The molecule has 0 saturated carbocycles. The molecule has 8 heteroatoms. The van der Waals surface area contributed by atoms with Crippen molar-refractivity contribution in [2.45, 2.75) is 31.3 Å². The van der Waals surface area contributed by atoms with E-state index in [9.17, 15) is 8.42 Å². The number of nitrogens with one attached hydrogen (secondary N) is 2. The van der Waals surface area contributed by atoms with Crippen molar-refractivity contribution in [2.75, 3.05) is 4.72 Å². The van der Waals surface area contributed by atoms with Gasteiger partial charge in [0, 0.05) is 12.6 Å². The van der Waals surface area contributed by atoms with Gasteiger partial charge in [-0.2, -0.15) is 5.10 Å². The molecule has 0 atom stereocenters. The number of anilines is 1. The number of nitrogens with zero attached hydrogens (tertiary/aromatic N) is 3. The second kappa shape index (κ2) is 6.59. The van der Waals surface area contributed by atoms with Crippen LogP contribution in [0.3, 0.4) is 0 Å². The third-order valence-corrected chi connectivity index (χ3v) is 4.10. The Kier molecular flexibility index (Phi) is 4.81. The fraction of sp³-hybridized carbons (Fsp3) is 0.308. The first-order valence-corrected chi connectivity index (χ1v) is 7.95. The van der Waals surface area contributed by atoms with Gasteiger partial charge >= 0.3 is 0 Å². The number of hydrogen-bond donors (Lipinski definition) is 2. The van der Waals surface area contributed by atoms with Gasteiger partial charge in [0.05, 0.1) is 17.3 Å². The van der Waals surface area contributed by atoms with Crippen LogP contribution in [0.4, 0.5) is 5.95 Å². The van der Waals surface area contributed by atoms with Gasteiger partial charge in [-0.25, -0.2) is 18.1 Å². The molecule has 0 amide bonds. The first kappa shape index (κ1) is 15.3. The zero-order valence-corrected chi connectivity index (χ0v) is 12.6. The quantitative estimate of drug-likeness (QED) is 0.831. The van der Waals surface area contributed by atoms with Crippen molar-refractivity contribution in [3.05, 3.63) is 42.2 Å². The van der Waals surface area contributed by atoms with Crippen molar-refractivity contribution in [3.63, 3.8) is 0 Å². The van der Waals surface area contributed by atoms with Crippen LogP contribution in [0, 0.1) is 0 Å². The summed E-state index contributed by atoms with van der Waals surface area (Å²) in [5.74, 6) is -0.0517. The Bertz CT molecular complexity index is 689. The Balaban J connectivity index is 2.27. The minimum Gasteiger partial charge on any atom is -0.310 e. The normalized spacial score (nSPS) is 11.6. The van der Waals surface area contributed by atoms with E-state index in [1.807, 2.05) is 13.8 Å². The predicted octanol–water partition coefficient (Wildman–Crippen LogP) is 1.17. The summed E-state index contributed by atoms with van der Waals surface area (Å²) in [6.07, 6.45) is 2.75. The topological polar surface area (TPSA) is 96.9 Å². The summed E-state index contributed by atoms with van der Waals surface area (Å²) in [6, 6.07) is 7.06. The number of hydrogen-bond acceptors (Lipinski definition) is 6. The highest BCUT2D eigenvalue weighted by molar-refractivity contribution is 7.92. The SMILES string of the molecule is CC(C)NCc1ccccc1S(=O)(=O)Nc1nccnn1. The van der Waals surface area contributed by atoms with Gasteiger partial charge in [-0.05, 0) is 11.6 Å². The minimum absolute atomic E-state index is 0.0517. The Morgan fingerprint density at radius 3 is 2.62 bits per heavy atom. The lowest BCUT2D eigenvalue weighted by Crippen LogP contribution is -2.24. The molecule has 1 aromatic heterocycles. The minimum atomic E-state index is -3.75. The van der Waals surface area contributed by atoms with Gasteiger partial charge in [0.15, 0.2) is 0 Å². The van der Waals surface area contributed by atoms with Gasteiger partial charge in [0.2, 0.25) is 0 Å². The van der Waals surface area contributed by atoms with Crippen molar-refractivity contribution >= 4 is 16.0 Å². The zero-order valence-electron chi connectivity index (χ0n) is 11.8. The molecular formula is C13H17N5O2S. The number of benzene rings is 1. The van der Waals surface area contributed by atoms with E-state index >= 15 is 0 Å². The maximum Gasteiger partial charge on any atom is 0.264 e. The highest BCUT2D eigenvalue weighted by atomic mass is 32.2. The Morgan fingerprint density at radius 1 is 1.19 bits per heavy atom. The summed E-state index contributed by atoms with van der Waals surface area (Å²) in [5.41, 5.74) is 0.683. The molecule has 0 spiro atoms. The number of sulfonamides is 1. The molecule has 2 aromatic rings. The first-order valence-electron chi connectivity index (χ1n) is 6.47. The average Bonchev–Trinajstić information content (AvgIpc) is 2.46. The van der Waals surface area contributed by atoms with Gasteiger partial charge in [-0.15, -0.1) is 5.10 Å². The smallest absolute Gasteiger partial charge is 0.264 e. The lowest BCUT2D eigenvalue weighted by molar-refractivity contribution is 0.576. The summed E-state index contributed by atoms with van der Waals surface area (Å²) in [5, 5.41) is 10.4. The van der Waals surface area contributed by atoms with E-state index in [1.165, 1.54) is 12.4 Å². The summed E-state index contributed by atoms with van der Waals surface area (Å²) in [4.78, 5) is 4.01. The van der Waals surface area contributed by atoms with Crippen molar-refractivity contribution < 1.29 is 8.42 Å². The highest BCUT2D eigenvalue weighted by Crippen LogP contribution is 2.17. The van der Waals surface area contributed by atoms with E-state index in [-0.39, 0.29) is 16.9 Å². The largest absolute Gasteiger partial charge is 0.310 e. The van der Waals surface area contributed by atoms with Gasteiger partial charge in [0.1, 0.15) is 0 Å². The second-order valence-corrected chi connectivity index (χ2v) is 6.37. The van der Waals surface area contributed by atoms with Crippen molar-refractivity contribution in [2.24, 2.45) is 0 Å². The Labute approximate surface area is 123 Å². The average molecular weight is 307 g/mol. The van der Waals surface area contributed by atoms with Crippen LogP contribution in [0.5, 0.6) is 0 Å². The van der Waals surface area contributed by atoms with Crippen LogP contribution in [0.1, 0.15) is 19.4 Å². The summed E-state index contributed by atoms with van der Waals surface area (Å²) >= 11 is 0. The van der Waals surface area contributed by atoms with Crippen molar-refractivity contribution in [3.8, 4) is 0 Å². The van der Waals surface area contributed by atoms with Crippen LogP contribution in [0.15, 0.2) is 41.6 Å². The van der Waals surface area contributed by atoms with Crippen LogP contribution in [0.2, 0.25) is 0 Å². The number of rotatable bonds is 6. The molecular weight excluding hydrogens is 290 g/mol. The van der Waals surface area contributed by atoms with Crippen LogP contribution in [0.25, 0.3) is 0 Å². The lowest BCUT2D eigenvalue weighted by atomic mass is 10.2. The zero-order chi connectivity index (χ0) is 15.3. The van der Waals surface area contributed by atoms with Gasteiger partial charge < -0.3 is 5.32 Å². The molecule has 0 bridgehead atoms. The molecule has 0 unspecified atom stereocenters. The van der Waals surface area contributed by atoms with Crippen LogP contribution < -0.4 is 10.0 Å².